The standard InChI is InChI=1S/C15H21BrF2N2O2/c1-14(2,3)22-13(21)20-8-15(4,19-5)9-6-10(16)12(18)7-11(9)17/h6-7,19H,8H2,1-5H3,(H,20,21). The van der Waals surface area contributed by atoms with Crippen LogP contribution >= 0.6 is 15.9 Å². The summed E-state index contributed by atoms with van der Waals surface area (Å²) in [4.78, 5) is 11.7. The van der Waals surface area contributed by atoms with Gasteiger partial charge >= 0.3 is 6.09 Å². The topological polar surface area (TPSA) is 50.4 Å². The van der Waals surface area contributed by atoms with Gasteiger partial charge in [-0.15, -0.1) is 0 Å². The highest BCUT2D eigenvalue weighted by molar-refractivity contribution is 9.10. The molecular weight excluding hydrogens is 358 g/mol. The van der Waals surface area contributed by atoms with Gasteiger partial charge < -0.3 is 15.4 Å². The van der Waals surface area contributed by atoms with Crippen LogP contribution in [0.2, 0.25) is 0 Å². The summed E-state index contributed by atoms with van der Waals surface area (Å²) in [5.41, 5.74) is -1.30. The summed E-state index contributed by atoms with van der Waals surface area (Å²) >= 11 is 3.04. The lowest BCUT2D eigenvalue weighted by atomic mass is 9.91. The van der Waals surface area contributed by atoms with Crippen molar-refractivity contribution in [2.45, 2.75) is 38.8 Å². The molecule has 0 fully saturated rings. The second kappa shape index (κ2) is 6.91. The Morgan fingerprint density at radius 3 is 2.32 bits per heavy atom. The first-order valence-electron chi connectivity index (χ1n) is 6.79. The van der Waals surface area contributed by atoms with Crippen LogP contribution in [0.15, 0.2) is 16.6 Å². The van der Waals surface area contributed by atoms with Crippen molar-refractivity contribution in [2.75, 3.05) is 13.6 Å². The second-order valence-corrected chi connectivity index (χ2v) is 7.04. The van der Waals surface area contributed by atoms with Crippen molar-refractivity contribution < 1.29 is 18.3 Å². The van der Waals surface area contributed by atoms with Crippen molar-refractivity contribution in [3.05, 3.63) is 33.8 Å². The van der Waals surface area contributed by atoms with Crippen LogP contribution in [0.5, 0.6) is 0 Å². The van der Waals surface area contributed by atoms with Crippen molar-refractivity contribution in [1.29, 1.82) is 0 Å². The number of likely N-dealkylation sites (N-methyl/N-ethyl adjacent to an activating group) is 1. The maximum atomic E-state index is 14.1. The summed E-state index contributed by atoms with van der Waals surface area (Å²) in [6.45, 7) is 7.03. The van der Waals surface area contributed by atoms with Crippen LogP contribution in [-0.2, 0) is 10.3 Å². The number of halogens is 3. The Balaban J connectivity index is 2.93. The van der Waals surface area contributed by atoms with E-state index in [0.717, 1.165) is 6.07 Å². The van der Waals surface area contributed by atoms with E-state index in [0.29, 0.717) is 0 Å². The minimum atomic E-state index is -0.919. The van der Waals surface area contributed by atoms with E-state index in [-0.39, 0.29) is 16.6 Å². The van der Waals surface area contributed by atoms with E-state index < -0.39 is 28.9 Å². The summed E-state index contributed by atoms with van der Waals surface area (Å²) < 4.78 is 32.7. The summed E-state index contributed by atoms with van der Waals surface area (Å²) in [5.74, 6) is -1.37. The lowest BCUT2D eigenvalue weighted by Crippen LogP contribution is -2.48. The Morgan fingerprint density at radius 1 is 1.23 bits per heavy atom. The number of ether oxygens (including phenoxy) is 1. The average molecular weight is 379 g/mol. The van der Waals surface area contributed by atoms with Gasteiger partial charge in [0, 0.05) is 18.2 Å². The smallest absolute Gasteiger partial charge is 0.407 e. The molecule has 0 bridgehead atoms. The van der Waals surface area contributed by atoms with Crippen molar-refractivity contribution in [3.8, 4) is 0 Å². The molecule has 22 heavy (non-hydrogen) atoms. The van der Waals surface area contributed by atoms with Crippen LogP contribution in [0.4, 0.5) is 13.6 Å². The van der Waals surface area contributed by atoms with Crippen molar-refractivity contribution in [1.82, 2.24) is 10.6 Å². The first kappa shape index (κ1) is 18.8. The lowest BCUT2D eigenvalue weighted by molar-refractivity contribution is 0.0511. The summed E-state index contributed by atoms with van der Waals surface area (Å²) in [7, 11) is 1.63. The Morgan fingerprint density at radius 2 is 1.82 bits per heavy atom. The molecule has 1 atom stereocenters. The van der Waals surface area contributed by atoms with Gasteiger partial charge in [0.2, 0.25) is 0 Å². The molecule has 7 heteroatoms. The number of hydrogen-bond donors (Lipinski definition) is 2. The maximum Gasteiger partial charge on any atom is 0.407 e. The SMILES string of the molecule is CNC(C)(CNC(=O)OC(C)(C)C)c1cc(Br)c(F)cc1F. The largest absolute Gasteiger partial charge is 0.444 e. The molecular formula is C15H21BrF2N2O2. The van der Waals surface area contributed by atoms with Crippen molar-refractivity contribution in [3.63, 3.8) is 0 Å². The summed E-state index contributed by atoms with van der Waals surface area (Å²) in [5, 5.41) is 5.54. The maximum absolute atomic E-state index is 14.1. The van der Waals surface area contributed by atoms with Gasteiger partial charge in [-0.25, -0.2) is 13.6 Å². The van der Waals surface area contributed by atoms with Crippen molar-refractivity contribution in [2.24, 2.45) is 0 Å². The van der Waals surface area contributed by atoms with Crippen molar-refractivity contribution >= 4 is 22.0 Å². The fourth-order valence-electron chi connectivity index (χ4n) is 1.83. The van der Waals surface area contributed by atoms with Gasteiger partial charge in [0.25, 0.3) is 0 Å². The normalized spacial score (nSPS) is 14.4. The highest BCUT2D eigenvalue weighted by Crippen LogP contribution is 2.28. The molecule has 0 saturated heterocycles. The van der Waals surface area contributed by atoms with Gasteiger partial charge in [-0.05, 0) is 56.7 Å². The minimum absolute atomic E-state index is 0.0768. The van der Waals surface area contributed by atoms with E-state index in [9.17, 15) is 13.6 Å². The molecule has 0 spiro atoms. The zero-order chi connectivity index (χ0) is 17.1. The number of carbonyl (C=O) groups is 1. The molecule has 0 aromatic heterocycles. The Kier molecular flexibility index (Phi) is 5.92. The van der Waals surface area contributed by atoms with E-state index in [2.05, 4.69) is 26.6 Å². The highest BCUT2D eigenvalue weighted by atomic mass is 79.9. The molecule has 0 aliphatic rings. The van der Waals surface area contributed by atoms with Crippen LogP contribution in [0.25, 0.3) is 0 Å². The van der Waals surface area contributed by atoms with Crippen LogP contribution < -0.4 is 10.6 Å². The molecule has 124 valence electrons. The quantitative estimate of drug-likeness (QED) is 0.785. The Bertz CT molecular complexity index is 561. The van der Waals surface area contributed by atoms with Crippen LogP contribution in [0.1, 0.15) is 33.3 Å². The molecule has 0 aliphatic carbocycles. The molecule has 1 aromatic carbocycles. The third-order valence-corrected chi connectivity index (χ3v) is 3.75. The molecule has 0 saturated carbocycles. The monoisotopic (exact) mass is 378 g/mol. The molecule has 1 unspecified atom stereocenters. The summed E-state index contributed by atoms with van der Waals surface area (Å²) in [6.07, 6.45) is -0.601. The number of carbonyl (C=O) groups excluding carboxylic acids is 1. The van der Waals surface area contributed by atoms with E-state index in [1.54, 1.807) is 34.7 Å². The molecule has 1 aromatic rings. The number of alkyl carbamates (subject to hydrolysis) is 1. The second-order valence-electron chi connectivity index (χ2n) is 6.18. The van der Waals surface area contributed by atoms with E-state index in [1.807, 2.05) is 0 Å². The third-order valence-electron chi connectivity index (χ3n) is 3.14. The predicted molar refractivity (Wildman–Crippen MR) is 84.7 cm³/mol. The van der Waals surface area contributed by atoms with E-state index in [1.165, 1.54) is 6.07 Å². The zero-order valence-electron chi connectivity index (χ0n) is 13.3. The van der Waals surface area contributed by atoms with Gasteiger partial charge in [-0.3, -0.25) is 0 Å². The number of rotatable bonds is 4. The molecule has 1 rings (SSSR count). The number of hydrogen-bond acceptors (Lipinski definition) is 3. The molecule has 1 amide bonds. The van der Waals surface area contributed by atoms with Crippen LogP contribution in [-0.4, -0.2) is 25.3 Å². The molecule has 2 N–H and O–H groups in total. The lowest BCUT2D eigenvalue weighted by Gasteiger charge is -2.31. The molecule has 0 radical (unpaired) electrons. The Labute approximate surface area is 137 Å². The summed E-state index contributed by atoms with van der Waals surface area (Å²) in [6, 6.07) is 2.17. The third kappa shape index (κ3) is 4.91. The minimum Gasteiger partial charge on any atom is -0.444 e. The average Bonchev–Trinajstić information content (AvgIpc) is 2.38. The van der Waals surface area contributed by atoms with Gasteiger partial charge in [-0.1, -0.05) is 0 Å². The van der Waals surface area contributed by atoms with Gasteiger partial charge in [-0.2, -0.15) is 0 Å². The molecule has 0 heterocycles. The Hall–Kier alpha value is -1.21. The zero-order valence-corrected chi connectivity index (χ0v) is 14.9. The van der Waals surface area contributed by atoms with Gasteiger partial charge in [0.05, 0.1) is 10.0 Å². The van der Waals surface area contributed by atoms with Gasteiger partial charge in [0.1, 0.15) is 17.2 Å². The highest BCUT2D eigenvalue weighted by Gasteiger charge is 2.30. The van der Waals surface area contributed by atoms with Crippen LogP contribution in [0.3, 0.4) is 0 Å². The fourth-order valence-corrected chi connectivity index (χ4v) is 2.17. The first-order valence-corrected chi connectivity index (χ1v) is 7.58. The van der Waals surface area contributed by atoms with E-state index >= 15 is 0 Å². The molecule has 0 aliphatic heterocycles. The first-order chi connectivity index (χ1) is 9.98. The number of amides is 1. The molecule has 4 nitrogen and oxygen atoms in total. The van der Waals surface area contributed by atoms with Crippen LogP contribution in [0, 0.1) is 11.6 Å². The number of nitrogens with one attached hydrogen (secondary N) is 2. The van der Waals surface area contributed by atoms with Gasteiger partial charge in [0.15, 0.2) is 0 Å². The predicted octanol–water partition coefficient (Wildman–Crippen LogP) is 3.69. The van der Waals surface area contributed by atoms with E-state index in [4.69, 9.17) is 4.74 Å². The fraction of sp³-hybridized carbons (Fsp3) is 0.533. The number of benzene rings is 1.